The number of imidazole rings is 1. The zero-order valence-corrected chi connectivity index (χ0v) is 15.3. The van der Waals surface area contributed by atoms with Crippen molar-refractivity contribution < 1.29 is 18.3 Å². The lowest BCUT2D eigenvalue weighted by atomic mass is 10.2. The van der Waals surface area contributed by atoms with E-state index in [1.165, 1.54) is 21.7 Å². The van der Waals surface area contributed by atoms with E-state index >= 15 is 0 Å². The first-order valence-electron chi connectivity index (χ1n) is 8.89. The number of rotatable bonds is 5. The van der Waals surface area contributed by atoms with Crippen LogP contribution in [0.4, 0.5) is 14.5 Å². The lowest BCUT2D eigenvalue weighted by Gasteiger charge is -2.28. The lowest BCUT2D eigenvalue weighted by molar-refractivity contribution is -0.121. The maximum Gasteiger partial charge on any atom is 0.335 e. The molecular weight excluding hydrogens is 382 g/mol. The number of halogens is 2. The highest BCUT2D eigenvalue weighted by Crippen LogP contribution is 2.36. The molecule has 1 aliphatic rings. The number of amides is 1. The van der Waals surface area contributed by atoms with Gasteiger partial charge in [0.1, 0.15) is 5.75 Å². The molecule has 2 aromatic heterocycles. The van der Waals surface area contributed by atoms with Crippen LogP contribution >= 0.6 is 0 Å². The Kier molecular flexibility index (Phi) is 4.76. The van der Waals surface area contributed by atoms with E-state index in [-0.39, 0.29) is 54.8 Å². The molecule has 148 valence electrons. The lowest BCUT2D eigenvalue weighted by Crippen LogP contribution is -2.39. The number of carbonyl (C=O) groups excluding carboxylic acids is 1. The van der Waals surface area contributed by atoms with Crippen LogP contribution in [-0.2, 0) is 11.3 Å². The van der Waals surface area contributed by atoms with Crippen molar-refractivity contribution in [2.24, 2.45) is 0 Å². The summed E-state index contributed by atoms with van der Waals surface area (Å²) in [5.41, 5.74) is 0.287. The number of terminal acetylenes is 1. The number of hydrogen-bond acceptors (Lipinski definition) is 4. The van der Waals surface area contributed by atoms with Crippen LogP contribution in [0, 0.1) is 18.2 Å². The summed E-state index contributed by atoms with van der Waals surface area (Å²) in [7, 11) is 0. The van der Waals surface area contributed by atoms with Crippen molar-refractivity contribution in [3.63, 3.8) is 0 Å². The molecular formula is C20H16F2N4O3. The molecule has 0 saturated heterocycles. The van der Waals surface area contributed by atoms with E-state index < -0.39 is 18.2 Å². The highest BCUT2D eigenvalue weighted by atomic mass is 19.1. The zero-order valence-electron chi connectivity index (χ0n) is 15.3. The quantitative estimate of drug-likeness (QED) is 0.617. The van der Waals surface area contributed by atoms with Gasteiger partial charge >= 0.3 is 5.69 Å². The third-order valence-electron chi connectivity index (χ3n) is 4.67. The minimum atomic E-state index is -0.726. The largest absolute Gasteiger partial charge is 0.481 e. The second-order valence-electron chi connectivity index (χ2n) is 6.40. The molecule has 0 unspecified atom stereocenters. The molecule has 0 bridgehead atoms. The standard InChI is InChI=1S/C20H16F2N4O3/c1-2-8-24-16-11-15(13(22)10-17(16)29-12-18(24)27)26-19-14(5-3-7-23-19)25(20(26)28)9-4-6-21/h1,3,5,7,10-11H,4,6,8-9,12H2. The van der Waals surface area contributed by atoms with Gasteiger partial charge in [0.2, 0.25) is 0 Å². The van der Waals surface area contributed by atoms with Gasteiger partial charge in [0, 0.05) is 18.8 Å². The van der Waals surface area contributed by atoms with E-state index in [4.69, 9.17) is 11.2 Å². The Morgan fingerprint density at radius 2 is 2.10 bits per heavy atom. The van der Waals surface area contributed by atoms with Crippen molar-refractivity contribution in [3.8, 4) is 23.8 Å². The first-order valence-corrected chi connectivity index (χ1v) is 8.89. The molecule has 0 aliphatic carbocycles. The summed E-state index contributed by atoms with van der Waals surface area (Å²) >= 11 is 0. The third kappa shape index (κ3) is 3.02. The number of benzene rings is 1. The van der Waals surface area contributed by atoms with Crippen LogP contribution in [0.5, 0.6) is 5.75 Å². The summed E-state index contributed by atoms with van der Waals surface area (Å²) in [5.74, 6) is 1.44. The maximum absolute atomic E-state index is 15.0. The smallest absolute Gasteiger partial charge is 0.335 e. The van der Waals surface area contributed by atoms with Gasteiger partial charge in [-0.05, 0) is 24.6 Å². The Hall–Kier alpha value is -3.67. The van der Waals surface area contributed by atoms with Gasteiger partial charge in [0.25, 0.3) is 5.91 Å². The number of fused-ring (bicyclic) bond motifs is 2. The zero-order chi connectivity index (χ0) is 20.5. The van der Waals surface area contributed by atoms with Gasteiger partial charge in [-0.1, -0.05) is 5.92 Å². The van der Waals surface area contributed by atoms with Crippen molar-refractivity contribution in [2.75, 3.05) is 24.7 Å². The number of pyridine rings is 1. The van der Waals surface area contributed by atoms with Crippen molar-refractivity contribution in [1.82, 2.24) is 14.1 Å². The molecule has 9 heteroatoms. The van der Waals surface area contributed by atoms with Crippen LogP contribution in [-0.4, -0.2) is 39.9 Å². The number of alkyl halides is 1. The molecule has 29 heavy (non-hydrogen) atoms. The Morgan fingerprint density at radius 3 is 2.86 bits per heavy atom. The van der Waals surface area contributed by atoms with Crippen molar-refractivity contribution in [3.05, 3.63) is 46.8 Å². The van der Waals surface area contributed by atoms with Gasteiger partial charge < -0.3 is 4.74 Å². The van der Waals surface area contributed by atoms with Gasteiger partial charge in [0.15, 0.2) is 18.1 Å². The maximum atomic E-state index is 15.0. The number of aromatic nitrogens is 3. The molecule has 1 amide bonds. The molecule has 0 radical (unpaired) electrons. The molecule has 0 N–H and O–H groups in total. The number of ether oxygens (including phenoxy) is 1. The molecule has 4 rings (SSSR count). The Bertz CT molecular complexity index is 1210. The fourth-order valence-corrected chi connectivity index (χ4v) is 3.38. The molecule has 7 nitrogen and oxygen atoms in total. The molecule has 0 atom stereocenters. The van der Waals surface area contributed by atoms with E-state index in [9.17, 15) is 18.4 Å². The number of nitrogens with zero attached hydrogens (tertiary/aromatic N) is 4. The van der Waals surface area contributed by atoms with Crippen LogP contribution < -0.4 is 15.3 Å². The van der Waals surface area contributed by atoms with E-state index in [2.05, 4.69) is 10.9 Å². The minimum Gasteiger partial charge on any atom is -0.481 e. The monoisotopic (exact) mass is 398 g/mol. The average molecular weight is 398 g/mol. The van der Waals surface area contributed by atoms with Crippen molar-refractivity contribution >= 4 is 22.8 Å². The van der Waals surface area contributed by atoms with Crippen LogP contribution in [0.15, 0.2) is 35.3 Å². The van der Waals surface area contributed by atoms with E-state index in [0.717, 1.165) is 10.6 Å². The fourth-order valence-electron chi connectivity index (χ4n) is 3.38. The van der Waals surface area contributed by atoms with Gasteiger partial charge in [-0.25, -0.2) is 18.7 Å². The summed E-state index contributed by atoms with van der Waals surface area (Å²) in [6.45, 7) is -0.738. The second kappa shape index (κ2) is 7.39. The molecule has 1 aromatic carbocycles. The Morgan fingerprint density at radius 1 is 1.28 bits per heavy atom. The predicted molar refractivity (Wildman–Crippen MR) is 103 cm³/mol. The Labute approximate surface area is 164 Å². The van der Waals surface area contributed by atoms with Crippen LogP contribution in [0.2, 0.25) is 0 Å². The summed E-state index contributed by atoms with van der Waals surface area (Å²) in [5, 5.41) is 0. The molecule has 0 fully saturated rings. The predicted octanol–water partition coefficient (Wildman–Crippen LogP) is 2.04. The molecule has 0 spiro atoms. The first kappa shape index (κ1) is 18.7. The second-order valence-corrected chi connectivity index (χ2v) is 6.40. The molecule has 3 aromatic rings. The third-order valence-corrected chi connectivity index (χ3v) is 4.67. The minimum absolute atomic E-state index is 0.0221. The van der Waals surface area contributed by atoms with Crippen molar-refractivity contribution in [2.45, 2.75) is 13.0 Å². The molecule has 0 saturated carbocycles. The van der Waals surface area contributed by atoms with Crippen LogP contribution in [0.1, 0.15) is 6.42 Å². The summed E-state index contributed by atoms with van der Waals surface area (Å²) in [6, 6.07) is 5.75. The van der Waals surface area contributed by atoms with Crippen LogP contribution in [0.25, 0.3) is 16.9 Å². The normalized spacial score (nSPS) is 13.3. The topological polar surface area (TPSA) is 69.4 Å². The fraction of sp³-hybridized carbons (Fsp3) is 0.250. The van der Waals surface area contributed by atoms with Crippen molar-refractivity contribution in [1.29, 1.82) is 0 Å². The summed E-state index contributed by atoms with van der Waals surface area (Å²) in [6.07, 6.45) is 6.96. The van der Waals surface area contributed by atoms with Gasteiger partial charge in [0.05, 0.1) is 30.1 Å². The molecule has 1 aliphatic heterocycles. The first-order chi connectivity index (χ1) is 14.1. The van der Waals surface area contributed by atoms with E-state index in [1.807, 2.05) is 0 Å². The number of aryl methyl sites for hydroxylation is 1. The number of hydrogen-bond donors (Lipinski definition) is 0. The van der Waals surface area contributed by atoms with Gasteiger partial charge in [-0.2, -0.15) is 0 Å². The van der Waals surface area contributed by atoms with E-state index in [1.54, 1.807) is 12.1 Å². The SMILES string of the molecule is C#CCN1C(=O)COc2cc(F)c(-n3c(=O)n(CCCF)c4cccnc43)cc21. The Balaban J connectivity index is 1.96. The highest BCUT2D eigenvalue weighted by Gasteiger charge is 2.28. The van der Waals surface area contributed by atoms with E-state index in [0.29, 0.717) is 5.52 Å². The van der Waals surface area contributed by atoms with Crippen LogP contribution in [0.3, 0.4) is 0 Å². The summed E-state index contributed by atoms with van der Waals surface area (Å²) in [4.78, 5) is 30.7. The number of carbonyl (C=O) groups is 1. The van der Waals surface area contributed by atoms with Gasteiger partial charge in [-0.3, -0.25) is 18.7 Å². The average Bonchev–Trinajstić information content (AvgIpc) is 2.99. The number of anilines is 1. The summed E-state index contributed by atoms with van der Waals surface area (Å²) < 4.78 is 35.4. The molecule has 3 heterocycles. The van der Waals surface area contributed by atoms with Gasteiger partial charge in [-0.15, -0.1) is 6.42 Å². The highest BCUT2D eigenvalue weighted by molar-refractivity contribution is 5.98.